The van der Waals surface area contributed by atoms with E-state index in [1.54, 1.807) is 24.3 Å². The van der Waals surface area contributed by atoms with Gasteiger partial charge in [0.1, 0.15) is 6.04 Å². The lowest BCUT2D eigenvalue weighted by atomic mass is 9.98. The van der Waals surface area contributed by atoms with Crippen molar-refractivity contribution < 1.29 is 14.4 Å². The van der Waals surface area contributed by atoms with Crippen LogP contribution in [0.5, 0.6) is 0 Å². The smallest absolute Gasteiger partial charge is 0.251 e. The predicted octanol–water partition coefficient (Wildman–Crippen LogP) is 3.51. The van der Waals surface area contributed by atoms with Crippen LogP contribution in [0, 0.1) is 26.7 Å². The quantitative estimate of drug-likeness (QED) is 0.623. The zero-order valence-electron chi connectivity index (χ0n) is 18.3. The molecule has 0 fully saturated rings. The largest absolute Gasteiger partial charge is 0.345 e. The molecule has 0 aliphatic rings. The molecule has 2 unspecified atom stereocenters. The molecular formula is C24H31N3O3. The fourth-order valence-electron chi connectivity index (χ4n) is 3.35. The first-order valence-electron chi connectivity index (χ1n) is 10.2. The first-order valence-corrected chi connectivity index (χ1v) is 10.2. The molecule has 6 nitrogen and oxygen atoms in total. The van der Waals surface area contributed by atoms with Gasteiger partial charge in [-0.3, -0.25) is 14.4 Å². The van der Waals surface area contributed by atoms with Crippen LogP contribution in [0.15, 0.2) is 42.5 Å². The molecule has 0 heterocycles. The standard InChI is InChI=1S/C24H31N3O3/c1-6-16(3)22(27-23(29)19-10-8-7-9-11-19)24(30)25-14-20(28)26-21-17(4)12-15(2)13-18(21)5/h7-13,16,22H,6,14H2,1-5H3,(H,25,30)(H,26,28)(H,27,29). The number of carbonyl (C=O) groups is 3. The van der Waals surface area contributed by atoms with Crippen LogP contribution in [0.25, 0.3) is 0 Å². The molecule has 160 valence electrons. The molecule has 3 N–H and O–H groups in total. The van der Waals surface area contributed by atoms with E-state index in [0.717, 1.165) is 22.4 Å². The molecule has 0 saturated heterocycles. The Bertz CT molecular complexity index is 886. The van der Waals surface area contributed by atoms with Crippen LogP contribution in [0.2, 0.25) is 0 Å². The Balaban J connectivity index is 2.00. The lowest BCUT2D eigenvalue weighted by Gasteiger charge is -2.23. The van der Waals surface area contributed by atoms with Gasteiger partial charge in [-0.25, -0.2) is 0 Å². The van der Waals surface area contributed by atoms with Crippen LogP contribution >= 0.6 is 0 Å². The summed E-state index contributed by atoms with van der Waals surface area (Å²) in [5, 5.41) is 8.33. The zero-order chi connectivity index (χ0) is 22.3. The number of hydrogen-bond acceptors (Lipinski definition) is 3. The van der Waals surface area contributed by atoms with E-state index in [1.165, 1.54) is 0 Å². The molecule has 3 amide bonds. The second kappa shape index (κ2) is 10.6. The molecule has 0 aromatic heterocycles. The summed E-state index contributed by atoms with van der Waals surface area (Å²) in [6, 6.07) is 12.0. The lowest BCUT2D eigenvalue weighted by Crippen LogP contribution is -2.51. The maximum Gasteiger partial charge on any atom is 0.251 e. The maximum atomic E-state index is 12.7. The third-order valence-electron chi connectivity index (χ3n) is 5.18. The lowest BCUT2D eigenvalue weighted by molar-refractivity contribution is -0.126. The zero-order valence-corrected chi connectivity index (χ0v) is 18.3. The molecule has 0 saturated carbocycles. The number of rotatable bonds is 8. The fourth-order valence-corrected chi connectivity index (χ4v) is 3.35. The molecule has 0 aliphatic carbocycles. The second-order valence-electron chi connectivity index (χ2n) is 7.74. The van der Waals surface area contributed by atoms with Crippen LogP contribution in [-0.4, -0.2) is 30.3 Å². The van der Waals surface area contributed by atoms with Gasteiger partial charge in [0.2, 0.25) is 11.8 Å². The van der Waals surface area contributed by atoms with Gasteiger partial charge in [0.15, 0.2) is 0 Å². The molecule has 30 heavy (non-hydrogen) atoms. The number of aryl methyl sites for hydroxylation is 3. The minimum Gasteiger partial charge on any atom is -0.345 e. The Morgan fingerprint density at radius 3 is 2.13 bits per heavy atom. The summed E-state index contributed by atoms with van der Waals surface area (Å²) in [6.45, 7) is 9.56. The highest BCUT2D eigenvalue weighted by molar-refractivity contribution is 5.99. The highest BCUT2D eigenvalue weighted by Crippen LogP contribution is 2.21. The van der Waals surface area contributed by atoms with Crippen LogP contribution in [0.1, 0.15) is 47.3 Å². The van der Waals surface area contributed by atoms with E-state index in [4.69, 9.17) is 0 Å². The van der Waals surface area contributed by atoms with Gasteiger partial charge in [0.25, 0.3) is 5.91 Å². The highest BCUT2D eigenvalue weighted by atomic mass is 16.2. The average Bonchev–Trinajstić information content (AvgIpc) is 2.72. The van der Waals surface area contributed by atoms with E-state index < -0.39 is 6.04 Å². The Kier molecular flexibility index (Phi) is 8.16. The molecular weight excluding hydrogens is 378 g/mol. The van der Waals surface area contributed by atoms with Crippen molar-refractivity contribution in [3.05, 3.63) is 64.7 Å². The molecule has 0 aliphatic heterocycles. The maximum absolute atomic E-state index is 12.7. The van der Waals surface area contributed by atoms with Crippen LogP contribution in [-0.2, 0) is 9.59 Å². The normalized spacial score (nSPS) is 12.6. The number of carbonyl (C=O) groups excluding carboxylic acids is 3. The van der Waals surface area contributed by atoms with Crippen LogP contribution < -0.4 is 16.0 Å². The first kappa shape index (κ1) is 23.1. The third-order valence-corrected chi connectivity index (χ3v) is 5.18. The molecule has 2 aromatic carbocycles. The topological polar surface area (TPSA) is 87.3 Å². The van der Waals surface area contributed by atoms with Crippen LogP contribution in [0.3, 0.4) is 0 Å². The van der Waals surface area contributed by atoms with Gasteiger partial charge in [-0.15, -0.1) is 0 Å². The predicted molar refractivity (Wildman–Crippen MR) is 119 cm³/mol. The highest BCUT2D eigenvalue weighted by Gasteiger charge is 2.26. The molecule has 0 bridgehead atoms. The monoisotopic (exact) mass is 409 g/mol. The summed E-state index contributed by atoms with van der Waals surface area (Å²) in [7, 11) is 0. The summed E-state index contributed by atoms with van der Waals surface area (Å²) in [5.41, 5.74) is 4.32. The molecule has 6 heteroatoms. The summed E-state index contributed by atoms with van der Waals surface area (Å²) in [4.78, 5) is 37.6. The van der Waals surface area contributed by atoms with Crippen molar-refractivity contribution >= 4 is 23.4 Å². The van der Waals surface area contributed by atoms with Crippen molar-refractivity contribution in [2.24, 2.45) is 5.92 Å². The average molecular weight is 410 g/mol. The van der Waals surface area contributed by atoms with Gasteiger partial charge in [0, 0.05) is 11.3 Å². The van der Waals surface area contributed by atoms with Crippen molar-refractivity contribution in [1.29, 1.82) is 0 Å². The number of nitrogens with one attached hydrogen (secondary N) is 3. The fraction of sp³-hybridized carbons (Fsp3) is 0.375. The summed E-state index contributed by atoms with van der Waals surface area (Å²) in [5.74, 6) is -1.08. The molecule has 2 aromatic rings. The minimum absolute atomic E-state index is 0.0812. The van der Waals surface area contributed by atoms with Crippen molar-refractivity contribution in [2.45, 2.75) is 47.1 Å². The number of amides is 3. The Morgan fingerprint density at radius 2 is 1.57 bits per heavy atom. The number of hydrogen-bond donors (Lipinski definition) is 3. The van der Waals surface area contributed by atoms with E-state index in [1.807, 2.05) is 52.8 Å². The molecule has 0 spiro atoms. The molecule has 2 rings (SSSR count). The third kappa shape index (κ3) is 6.17. The van der Waals surface area contributed by atoms with E-state index in [2.05, 4.69) is 16.0 Å². The number of benzene rings is 2. The van der Waals surface area contributed by atoms with Gasteiger partial charge in [-0.1, -0.05) is 56.2 Å². The summed E-state index contributed by atoms with van der Waals surface area (Å²) < 4.78 is 0. The second-order valence-corrected chi connectivity index (χ2v) is 7.74. The van der Waals surface area contributed by atoms with E-state index in [-0.39, 0.29) is 30.2 Å². The minimum atomic E-state index is -0.724. The SMILES string of the molecule is CCC(C)C(NC(=O)c1ccccc1)C(=O)NCC(=O)Nc1c(C)cc(C)cc1C. The molecule has 2 atom stereocenters. The van der Waals surface area contributed by atoms with E-state index >= 15 is 0 Å². The van der Waals surface area contributed by atoms with Gasteiger partial charge in [-0.05, 0) is 49.9 Å². The number of anilines is 1. The Labute approximate surface area is 178 Å². The van der Waals surface area contributed by atoms with Crippen molar-refractivity contribution in [3.63, 3.8) is 0 Å². The van der Waals surface area contributed by atoms with Crippen molar-refractivity contribution in [3.8, 4) is 0 Å². The van der Waals surface area contributed by atoms with Gasteiger partial charge >= 0.3 is 0 Å². The van der Waals surface area contributed by atoms with Gasteiger partial charge in [0.05, 0.1) is 6.54 Å². The van der Waals surface area contributed by atoms with Crippen molar-refractivity contribution in [1.82, 2.24) is 10.6 Å². The first-order chi connectivity index (χ1) is 14.2. The van der Waals surface area contributed by atoms with E-state index in [9.17, 15) is 14.4 Å². The van der Waals surface area contributed by atoms with Gasteiger partial charge < -0.3 is 16.0 Å². The van der Waals surface area contributed by atoms with Crippen LogP contribution in [0.4, 0.5) is 5.69 Å². The Morgan fingerprint density at radius 1 is 0.967 bits per heavy atom. The Hall–Kier alpha value is -3.15. The molecule has 0 radical (unpaired) electrons. The summed E-state index contributed by atoms with van der Waals surface area (Å²) in [6.07, 6.45) is 0.709. The van der Waals surface area contributed by atoms with Crippen molar-refractivity contribution in [2.75, 3.05) is 11.9 Å². The van der Waals surface area contributed by atoms with Gasteiger partial charge in [-0.2, -0.15) is 0 Å². The van der Waals surface area contributed by atoms with E-state index in [0.29, 0.717) is 12.0 Å². The summed E-state index contributed by atoms with van der Waals surface area (Å²) >= 11 is 0.